The van der Waals surface area contributed by atoms with Crippen LogP contribution in [0.3, 0.4) is 0 Å². The van der Waals surface area contributed by atoms with Crippen LogP contribution in [0.1, 0.15) is 37.0 Å². The number of amides is 1. The fraction of sp³-hybridized carbons (Fsp3) is 0.348. The molecule has 0 unspecified atom stereocenters. The van der Waals surface area contributed by atoms with Gasteiger partial charge in [0.1, 0.15) is 11.5 Å². The molecular formula is C23H27NO5S. The lowest BCUT2D eigenvalue weighted by atomic mass is 10.1. The van der Waals surface area contributed by atoms with Gasteiger partial charge in [-0.3, -0.25) is 4.79 Å². The van der Waals surface area contributed by atoms with E-state index in [1.165, 1.54) is 10.3 Å². The molecule has 1 aliphatic rings. The maximum Gasteiger partial charge on any atom is 0.258 e. The summed E-state index contributed by atoms with van der Waals surface area (Å²) >= 11 is 0. The van der Waals surface area contributed by atoms with Gasteiger partial charge in [-0.15, -0.1) is 0 Å². The van der Waals surface area contributed by atoms with Crippen LogP contribution < -0.4 is 14.4 Å². The minimum absolute atomic E-state index is 0.135. The summed E-state index contributed by atoms with van der Waals surface area (Å²) in [6.07, 6.45) is 3.58. The first-order chi connectivity index (χ1) is 14.4. The van der Waals surface area contributed by atoms with Crippen molar-refractivity contribution in [2.24, 2.45) is 0 Å². The Morgan fingerprint density at radius 2 is 1.63 bits per heavy atom. The van der Waals surface area contributed by atoms with Crippen LogP contribution in [0.4, 0.5) is 5.69 Å². The number of hydrogen-bond acceptors (Lipinski definition) is 5. The molecule has 0 spiro atoms. The zero-order valence-electron chi connectivity index (χ0n) is 17.3. The molecule has 1 amide bonds. The molecule has 1 atom stereocenters. The maximum atomic E-state index is 13.4. The van der Waals surface area contributed by atoms with Crippen LogP contribution in [-0.2, 0) is 9.84 Å². The normalized spacial score (nSPS) is 16.9. The van der Waals surface area contributed by atoms with Crippen molar-refractivity contribution in [1.82, 2.24) is 0 Å². The van der Waals surface area contributed by atoms with Gasteiger partial charge in [-0.05, 0) is 68.0 Å². The summed E-state index contributed by atoms with van der Waals surface area (Å²) in [6.45, 7) is 5.16. The fourth-order valence-electron chi connectivity index (χ4n) is 3.22. The standard InChI is InChI=1S/C23H27NO5S/c1-3-5-15-29-22-10-6-18(7-11-22)23(25)24(20-14-16-30(26,27)17-20)19-8-12-21(13-9-19)28-4-2/h6-14,16,20H,3-5,15,17H2,1-2H3/t20-/m0/s1. The zero-order valence-corrected chi connectivity index (χ0v) is 18.1. The summed E-state index contributed by atoms with van der Waals surface area (Å²) < 4.78 is 35.1. The average molecular weight is 430 g/mol. The van der Waals surface area contributed by atoms with Crippen LogP contribution in [0.5, 0.6) is 11.5 Å². The Balaban J connectivity index is 1.86. The van der Waals surface area contributed by atoms with E-state index in [1.54, 1.807) is 54.6 Å². The van der Waals surface area contributed by atoms with Crippen molar-refractivity contribution >= 4 is 21.4 Å². The number of hydrogen-bond donors (Lipinski definition) is 0. The van der Waals surface area contributed by atoms with E-state index in [2.05, 4.69) is 6.92 Å². The Kier molecular flexibility index (Phi) is 7.15. The number of unbranched alkanes of at least 4 members (excludes halogenated alkanes) is 1. The number of ether oxygens (including phenoxy) is 2. The Hall–Kier alpha value is -2.80. The predicted molar refractivity (Wildman–Crippen MR) is 118 cm³/mol. The highest BCUT2D eigenvalue weighted by molar-refractivity contribution is 7.94. The van der Waals surface area contributed by atoms with Gasteiger partial charge in [0.2, 0.25) is 0 Å². The molecule has 2 aromatic rings. The van der Waals surface area contributed by atoms with Gasteiger partial charge < -0.3 is 14.4 Å². The minimum Gasteiger partial charge on any atom is -0.494 e. The first-order valence-electron chi connectivity index (χ1n) is 10.1. The highest BCUT2D eigenvalue weighted by Gasteiger charge is 2.32. The van der Waals surface area contributed by atoms with Crippen molar-refractivity contribution in [3.8, 4) is 11.5 Å². The number of nitrogens with zero attached hydrogens (tertiary/aromatic N) is 1. The van der Waals surface area contributed by atoms with Gasteiger partial charge in [-0.2, -0.15) is 0 Å². The number of anilines is 1. The molecule has 7 heteroatoms. The highest BCUT2D eigenvalue weighted by atomic mass is 32.2. The Labute approximate surface area is 178 Å². The molecule has 0 aliphatic carbocycles. The van der Waals surface area contributed by atoms with Gasteiger partial charge >= 0.3 is 0 Å². The smallest absolute Gasteiger partial charge is 0.258 e. The molecule has 0 aromatic heterocycles. The summed E-state index contributed by atoms with van der Waals surface area (Å²) in [4.78, 5) is 14.9. The lowest BCUT2D eigenvalue weighted by molar-refractivity contribution is 0.0983. The lowest BCUT2D eigenvalue weighted by Crippen LogP contribution is -2.41. The number of rotatable bonds is 9. The van der Waals surface area contributed by atoms with Crippen LogP contribution in [0, 0.1) is 0 Å². The molecule has 1 heterocycles. The molecule has 0 N–H and O–H groups in total. The van der Waals surface area contributed by atoms with Crippen LogP contribution in [-0.4, -0.2) is 39.3 Å². The van der Waals surface area contributed by atoms with Crippen molar-refractivity contribution in [3.05, 3.63) is 65.6 Å². The van der Waals surface area contributed by atoms with Gasteiger partial charge in [-0.25, -0.2) is 8.42 Å². The second-order valence-electron chi connectivity index (χ2n) is 7.05. The average Bonchev–Trinajstić information content (AvgIpc) is 3.09. The van der Waals surface area contributed by atoms with Gasteiger partial charge in [0, 0.05) is 16.7 Å². The fourth-order valence-corrected chi connectivity index (χ4v) is 4.48. The second-order valence-corrected chi connectivity index (χ2v) is 8.99. The van der Waals surface area contributed by atoms with Crippen molar-refractivity contribution < 1.29 is 22.7 Å². The number of benzene rings is 2. The number of sulfone groups is 1. The molecule has 30 heavy (non-hydrogen) atoms. The van der Waals surface area contributed by atoms with E-state index < -0.39 is 15.9 Å². The summed E-state index contributed by atoms with van der Waals surface area (Å²) in [5.74, 6) is 0.989. The molecule has 0 saturated carbocycles. The monoisotopic (exact) mass is 429 g/mol. The molecule has 2 aromatic carbocycles. The van der Waals surface area contributed by atoms with E-state index >= 15 is 0 Å². The predicted octanol–water partition coefficient (Wildman–Crippen LogP) is 4.22. The molecule has 3 rings (SSSR count). The van der Waals surface area contributed by atoms with Crippen molar-refractivity contribution in [1.29, 1.82) is 0 Å². The molecule has 6 nitrogen and oxygen atoms in total. The van der Waals surface area contributed by atoms with E-state index in [9.17, 15) is 13.2 Å². The lowest BCUT2D eigenvalue weighted by Gasteiger charge is -2.28. The largest absolute Gasteiger partial charge is 0.494 e. The van der Waals surface area contributed by atoms with Gasteiger partial charge in [-0.1, -0.05) is 13.3 Å². The van der Waals surface area contributed by atoms with Crippen molar-refractivity contribution in [2.75, 3.05) is 23.9 Å². The Morgan fingerprint density at radius 3 is 2.20 bits per heavy atom. The Bertz CT molecular complexity index is 981. The van der Waals surface area contributed by atoms with Gasteiger partial charge in [0.25, 0.3) is 5.91 Å². The van der Waals surface area contributed by atoms with Crippen LogP contribution in [0.25, 0.3) is 0 Å². The van der Waals surface area contributed by atoms with Crippen molar-refractivity contribution in [3.63, 3.8) is 0 Å². The van der Waals surface area contributed by atoms with E-state index in [0.717, 1.165) is 12.8 Å². The first-order valence-corrected chi connectivity index (χ1v) is 11.9. The molecule has 1 aliphatic heterocycles. The third-order valence-corrected chi connectivity index (χ3v) is 6.13. The van der Waals surface area contributed by atoms with Gasteiger partial charge in [0.05, 0.1) is 25.0 Å². The molecular weight excluding hydrogens is 402 g/mol. The van der Waals surface area contributed by atoms with Crippen LogP contribution >= 0.6 is 0 Å². The maximum absolute atomic E-state index is 13.4. The SMILES string of the molecule is CCCCOc1ccc(C(=O)N(c2ccc(OCC)cc2)[C@H]2C=CS(=O)(=O)C2)cc1. The molecule has 0 radical (unpaired) electrons. The zero-order chi connectivity index (χ0) is 21.6. The third kappa shape index (κ3) is 5.42. The summed E-state index contributed by atoms with van der Waals surface area (Å²) in [7, 11) is -3.32. The quantitative estimate of drug-likeness (QED) is 0.558. The van der Waals surface area contributed by atoms with Crippen molar-refractivity contribution in [2.45, 2.75) is 32.7 Å². The van der Waals surface area contributed by atoms with E-state index in [4.69, 9.17) is 9.47 Å². The molecule has 0 bridgehead atoms. The summed E-state index contributed by atoms with van der Waals surface area (Å²) in [5, 5.41) is 1.18. The summed E-state index contributed by atoms with van der Waals surface area (Å²) in [6, 6.07) is 13.5. The molecule has 0 fully saturated rings. The third-order valence-electron chi connectivity index (χ3n) is 4.76. The Morgan fingerprint density at radius 1 is 1.00 bits per heavy atom. The first kappa shape index (κ1) is 21.9. The molecule has 0 saturated heterocycles. The molecule has 160 valence electrons. The minimum atomic E-state index is -3.32. The second kappa shape index (κ2) is 9.80. The van der Waals surface area contributed by atoms with E-state index in [0.29, 0.717) is 36.0 Å². The summed E-state index contributed by atoms with van der Waals surface area (Å²) in [5.41, 5.74) is 1.07. The van der Waals surface area contributed by atoms with Gasteiger partial charge in [0.15, 0.2) is 9.84 Å². The number of carbonyl (C=O) groups is 1. The van der Waals surface area contributed by atoms with E-state index in [-0.39, 0.29) is 11.7 Å². The van der Waals surface area contributed by atoms with Crippen LogP contribution in [0.2, 0.25) is 0 Å². The van der Waals surface area contributed by atoms with E-state index in [1.807, 2.05) is 6.92 Å². The highest BCUT2D eigenvalue weighted by Crippen LogP contribution is 2.27. The van der Waals surface area contributed by atoms with Crippen LogP contribution in [0.15, 0.2) is 60.0 Å². The topological polar surface area (TPSA) is 72.9 Å². The number of carbonyl (C=O) groups excluding carboxylic acids is 1.